The molecule has 0 radical (unpaired) electrons. The van der Waals surface area contributed by atoms with Crippen LogP contribution in [0.5, 0.6) is 0 Å². The first-order valence-corrected chi connectivity index (χ1v) is 11.6. The molecule has 0 aromatic heterocycles. The van der Waals surface area contributed by atoms with E-state index >= 15 is 0 Å². The van der Waals surface area contributed by atoms with Gasteiger partial charge in [0.25, 0.3) is 14.3 Å². The molecule has 0 fully saturated rings. The van der Waals surface area contributed by atoms with E-state index in [0.29, 0.717) is 12.6 Å². The van der Waals surface area contributed by atoms with Crippen LogP contribution in [0.25, 0.3) is 0 Å². The van der Waals surface area contributed by atoms with Gasteiger partial charge >= 0.3 is 0 Å². The van der Waals surface area contributed by atoms with Crippen LogP contribution in [0.15, 0.2) is 11.5 Å². The first-order valence-electron chi connectivity index (χ1n) is 9.10. The number of unbranched alkanes of at least 4 members (excludes halogenated alkanes) is 4. The van der Waals surface area contributed by atoms with E-state index in [1.54, 1.807) is 0 Å². The molecule has 0 atom stereocenters. The van der Waals surface area contributed by atoms with Crippen molar-refractivity contribution in [3.63, 3.8) is 0 Å². The average Bonchev–Trinajstić information content (AvgIpc) is 2.55. The summed E-state index contributed by atoms with van der Waals surface area (Å²) < 4.78 is 12.1. The molecule has 0 saturated heterocycles. The molecule has 0 saturated carbocycles. The van der Waals surface area contributed by atoms with Crippen LogP contribution in [-0.2, 0) is 9.16 Å². The second-order valence-corrected chi connectivity index (χ2v) is 10.5. The molecule has 2 nitrogen and oxygen atoms in total. The molecule has 0 unspecified atom stereocenters. The lowest BCUT2D eigenvalue weighted by Gasteiger charge is -2.30. The molecule has 0 aliphatic carbocycles. The lowest BCUT2D eigenvalue weighted by atomic mass is 10.1. The summed E-state index contributed by atoms with van der Waals surface area (Å²) >= 11 is 0. The van der Waals surface area contributed by atoms with Gasteiger partial charge in [0.1, 0.15) is 0 Å². The maximum absolute atomic E-state index is 6.38. The van der Waals surface area contributed by atoms with Gasteiger partial charge in [-0.2, -0.15) is 0 Å². The minimum atomic E-state index is -1.70. The molecule has 0 heterocycles. The third kappa shape index (κ3) is 7.94. The van der Waals surface area contributed by atoms with Gasteiger partial charge in [-0.1, -0.05) is 58.8 Å². The maximum Gasteiger partial charge on any atom is 0.277 e. The quantitative estimate of drug-likeness (QED) is 0.193. The number of allylic oxidation sites excluding steroid dienone is 1. The summed E-state index contributed by atoms with van der Waals surface area (Å²) in [7, 11) is -1.70. The molecule has 22 heavy (non-hydrogen) atoms. The zero-order valence-corrected chi connectivity index (χ0v) is 16.7. The summed E-state index contributed by atoms with van der Waals surface area (Å²) in [6.07, 6.45) is 6.01. The Bertz CT molecular complexity index is 364. The highest BCUT2D eigenvalue weighted by Crippen LogP contribution is 2.26. The molecule has 3 heteroatoms. The SMILES string of the molecule is CCCCCCC#C/C(C)=C(\OCC)O[Si](CC)(CC)CC. The van der Waals surface area contributed by atoms with Crippen LogP contribution in [0.2, 0.25) is 18.1 Å². The van der Waals surface area contributed by atoms with Crippen molar-refractivity contribution >= 4 is 8.32 Å². The van der Waals surface area contributed by atoms with Gasteiger partial charge in [-0.05, 0) is 38.4 Å². The van der Waals surface area contributed by atoms with Gasteiger partial charge in [-0.15, -0.1) is 0 Å². The highest BCUT2D eigenvalue weighted by molar-refractivity contribution is 6.73. The standard InChI is InChI=1S/C19H36O2Si/c1-7-12-13-14-15-16-17-18(6)19(20-8-2)21-22(9-3,10-4)11-5/h7-15H2,1-6H3/b19-18+. The van der Waals surface area contributed by atoms with Crippen molar-refractivity contribution in [1.29, 1.82) is 0 Å². The van der Waals surface area contributed by atoms with E-state index in [9.17, 15) is 0 Å². The number of ether oxygens (including phenoxy) is 1. The van der Waals surface area contributed by atoms with Gasteiger partial charge in [0.05, 0.1) is 12.2 Å². The first kappa shape index (κ1) is 21.1. The normalized spacial score (nSPS) is 12.3. The van der Waals surface area contributed by atoms with Gasteiger partial charge in [0.15, 0.2) is 0 Å². The lowest BCUT2D eigenvalue weighted by molar-refractivity contribution is 0.106. The highest BCUT2D eigenvalue weighted by Gasteiger charge is 2.32. The summed E-state index contributed by atoms with van der Waals surface area (Å²) in [6, 6.07) is 3.36. The maximum atomic E-state index is 6.38. The minimum Gasteiger partial charge on any atom is -0.518 e. The van der Waals surface area contributed by atoms with Crippen LogP contribution < -0.4 is 0 Å². The van der Waals surface area contributed by atoms with Gasteiger partial charge in [-0.3, -0.25) is 0 Å². The molecule has 0 aromatic rings. The van der Waals surface area contributed by atoms with Crippen LogP contribution in [0.4, 0.5) is 0 Å². The molecule has 0 spiro atoms. The topological polar surface area (TPSA) is 18.5 Å². The van der Waals surface area contributed by atoms with Crippen molar-refractivity contribution in [2.24, 2.45) is 0 Å². The van der Waals surface area contributed by atoms with Crippen molar-refractivity contribution < 1.29 is 9.16 Å². The van der Waals surface area contributed by atoms with Crippen LogP contribution in [-0.4, -0.2) is 14.9 Å². The molecule has 0 aliphatic heterocycles. The zero-order chi connectivity index (χ0) is 16.8. The zero-order valence-electron chi connectivity index (χ0n) is 15.7. The fourth-order valence-corrected chi connectivity index (χ4v) is 4.93. The second-order valence-electron chi connectivity index (χ2n) is 5.80. The fourth-order valence-electron chi connectivity index (χ4n) is 2.39. The molecule has 128 valence electrons. The Morgan fingerprint density at radius 3 is 2.05 bits per heavy atom. The van der Waals surface area contributed by atoms with Gasteiger partial charge in [0, 0.05) is 6.42 Å². The van der Waals surface area contributed by atoms with Crippen LogP contribution in [0.1, 0.15) is 73.6 Å². The van der Waals surface area contributed by atoms with Crippen molar-refractivity contribution in [3.8, 4) is 11.8 Å². The molecular weight excluding hydrogens is 288 g/mol. The molecular formula is C19H36O2Si. The monoisotopic (exact) mass is 324 g/mol. The Morgan fingerprint density at radius 1 is 0.909 bits per heavy atom. The highest BCUT2D eigenvalue weighted by atomic mass is 28.4. The van der Waals surface area contributed by atoms with Crippen molar-refractivity contribution in [1.82, 2.24) is 0 Å². The Balaban J connectivity index is 4.84. The third-order valence-corrected chi connectivity index (χ3v) is 8.74. The average molecular weight is 325 g/mol. The van der Waals surface area contributed by atoms with Crippen LogP contribution in [0, 0.1) is 11.8 Å². The number of rotatable bonds is 11. The van der Waals surface area contributed by atoms with Crippen molar-refractivity contribution in [3.05, 3.63) is 11.5 Å². The first-order chi connectivity index (χ1) is 10.6. The van der Waals surface area contributed by atoms with Crippen molar-refractivity contribution in [2.75, 3.05) is 6.61 Å². The molecule has 0 aromatic carbocycles. The Labute approximate surface area is 139 Å². The Kier molecular flexibility index (Phi) is 12.1. The van der Waals surface area contributed by atoms with Crippen LogP contribution in [0.3, 0.4) is 0 Å². The third-order valence-electron chi connectivity index (χ3n) is 4.26. The smallest absolute Gasteiger partial charge is 0.277 e. The molecule has 0 rings (SSSR count). The fraction of sp³-hybridized carbons (Fsp3) is 0.789. The lowest BCUT2D eigenvalue weighted by Crippen LogP contribution is -2.36. The van der Waals surface area contributed by atoms with Gasteiger partial charge in [-0.25, -0.2) is 0 Å². The van der Waals surface area contributed by atoms with E-state index in [2.05, 4.69) is 39.5 Å². The second kappa shape index (κ2) is 12.6. The molecule has 0 N–H and O–H groups in total. The Hall–Kier alpha value is -0.883. The van der Waals surface area contributed by atoms with Crippen molar-refractivity contribution in [2.45, 2.75) is 91.8 Å². The minimum absolute atomic E-state index is 0.631. The predicted molar refractivity (Wildman–Crippen MR) is 99.1 cm³/mol. The van der Waals surface area contributed by atoms with E-state index in [0.717, 1.165) is 30.1 Å². The van der Waals surface area contributed by atoms with E-state index in [-0.39, 0.29) is 0 Å². The van der Waals surface area contributed by atoms with Gasteiger partial charge < -0.3 is 9.16 Å². The Morgan fingerprint density at radius 2 is 1.55 bits per heavy atom. The van der Waals surface area contributed by atoms with E-state index in [1.165, 1.54) is 25.7 Å². The largest absolute Gasteiger partial charge is 0.518 e. The van der Waals surface area contributed by atoms with Crippen LogP contribution >= 0.6 is 0 Å². The summed E-state index contributed by atoms with van der Waals surface area (Å²) in [5.74, 6) is 7.19. The molecule has 0 aliphatic rings. The molecule has 0 amide bonds. The number of hydrogen-bond donors (Lipinski definition) is 0. The molecule has 0 bridgehead atoms. The summed E-state index contributed by atoms with van der Waals surface area (Å²) in [5.41, 5.74) is 0.949. The summed E-state index contributed by atoms with van der Waals surface area (Å²) in [4.78, 5) is 0. The van der Waals surface area contributed by atoms with E-state index in [1.807, 2.05) is 13.8 Å². The van der Waals surface area contributed by atoms with E-state index in [4.69, 9.17) is 9.16 Å². The predicted octanol–water partition coefficient (Wildman–Crippen LogP) is 6.25. The van der Waals surface area contributed by atoms with Gasteiger partial charge in [0.2, 0.25) is 0 Å². The van der Waals surface area contributed by atoms with E-state index < -0.39 is 8.32 Å². The number of hydrogen-bond acceptors (Lipinski definition) is 2. The summed E-state index contributed by atoms with van der Waals surface area (Å²) in [5, 5.41) is 0. The summed E-state index contributed by atoms with van der Waals surface area (Å²) in [6.45, 7) is 13.6.